The van der Waals surface area contributed by atoms with Gasteiger partial charge in [-0.05, 0) is 49.2 Å². The van der Waals surface area contributed by atoms with Crippen LogP contribution in [0.2, 0.25) is 5.02 Å². The van der Waals surface area contributed by atoms with E-state index in [1.807, 2.05) is 30.3 Å². The molecule has 0 bridgehead atoms. The summed E-state index contributed by atoms with van der Waals surface area (Å²) in [6.07, 6.45) is 0.319. The Bertz CT molecular complexity index is 658. The van der Waals surface area contributed by atoms with Crippen molar-refractivity contribution in [1.29, 1.82) is 0 Å². The van der Waals surface area contributed by atoms with Gasteiger partial charge in [-0.15, -0.1) is 0 Å². The molecule has 2 aromatic carbocycles. The fourth-order valence-corrected chi connectivity index (χ4v) is 2.60. The number of aryl methyl sites for hydroxylation is 1. The Balaban J connectivity index is 1.99. The number of ether oxygens (including phenoxy) is 1. The van der Waals surface area contributed by atoms with Gasteiger partial charge < -0.3 is 10.1 Å². The van der Waals surface area contributed by atoms with Crippen LogP contribution in [0.25, 0.3) is 0 Å². The van der Waals surface area contributed by atoms with E-state index in [0.29, 0.717) is 10.8 Å². The lowest BCUT2D eigenvalue weighted by Crippen LogP contribution is -2.30. The Morgan fingerprint density at radius 3 is 2.55 bits per heavy atom. The van der Waals surface area contributed by atoms with Crippen molar-refractivity contribution in [3.05, 3.63) is 57.5 Å². The van der Waals surface area contributed by atoms with E-state index in [-0.39, 0.29) is 5.91 Å². The predicted molar refractivity (Wildman–Crippen MR) is 93.7 cm³/mol. The van der Waals surface area contributed by atoms with Crippen LogP contribution in [0.5, 0.6) is 5.75 Å². The number of hydrogen-bond donors (Lipinski definition) is 1. The molecule has 0 aliphatic heterocycles. The van der Waals surface area contributed by atoms with Crippen LogP contribution >= 0.6 is 27.5 Å². The number of carbonyl (C=O) groups excluding carboxylic acids is 1. The number of carbonyl (C=O) groups is 1. The van der Waals surface area contributed by atoms with Crippen molar-refractivity contribution in [2.24, 2.45) is 0 Å². The van der Waals surface area contributed by atoms with E-state index >= 15 is 0 Å². The third-order valence-corrected chi connectivity index (χ3v) is 3.99. The van der Waals surface area contributed by atoms with Gasteiger partial charge in [0.25, 0.3) is 5.91 Å². The van der Waals surface area contributed by atoms with Crippen molar-refractivity contribution in [2.75, 3.05) is 5.32 Å². The number of benzene rings is 2. The molecule has 1 N–H and O–H groups in total. The summed E-state index contributed by atoms with van der Waals surface area (Å²) in [6, 6.07) is 13.0. The number of halogens is 2. The average molecular weight is 383 g/mol. The molecule has 0 fully saturated rings. The minimum atomic E-state index is -0.649. The van der Waals surface area contributed by atoms with Gasteiger partial charge in [0.15, 0.2) is 6.10 Å². The Hall–Kier alpha value is -1.52. The van der Waals surface area contributed by atoms with Crippen molar-refractivity contribution < 1.29 is 9.53 Å². The quantitative estimate of drug-likeness (QED) is 0.784. The maximum absolute atomic E-state index is 12.2. The van der Waals surface area contributed by atoms with Crippen LogP contribution in [0.15, 0.2) is 46.9 Å². The Kier molecular flexibility index (Phi) is 5.86. The molecule has 0 saturated heterocycles. The largest absolute Gasteiger partial charge is 0.479 e. The van der Waals surface area contributed by atoms with Crippen LogP contribution in [0.3, 0.4) is 0 Å². The smallest absolute Gasteiger partial charge is 0.265 e. The highest BCUT2D eigenvalue weighted by atomic mass is 79.9. The molecule has 2 rings (SSSR count). The van der Waals surface area contributed by atoms with Crippen LogP contribution < -0.4 is 10.1 Å². The Morgan fingerprint density at radius 2 is 1.95 bits per heavy atom. The summed E-state index contributed by atoms with van der Waals surface area (Å²) < 4.78 is 6.47. The molecule has 22 heavy (non-hydrogen) atoms. The van der Waals surface area contributed by atoms with Gasteiger partial charge in [-0.2, -0.15) is 0 Å². The summed E-state index contributed by atoms with van der Waals surface area (Å²) in [5, 5.41) is 3.29. The normalized spacial score (nSPS) is 11.8. The summed E-state index contributed by atoms with van der Waals surface area (Å²) in [7, 11) is 0. The van der Waals surface area contributed by atoms with E-state index in [1.165, 1.54) is 5.56 Å². The monoisotopic (exact) mass is 381 g/mol. The van der Waals surface area contributed by atoms with Crippen molar-refractivity contribution in [2.45, 2.75) is 26.4 Å². The van der Waals surface area contributed by atoms with Gasteiger partial charge in [-0.3, -0.25) is 4.79 Å². The topological polar surface area (TPSA) is 38.3 Å². The molecular formula is C17H17BrClNO2. The highest BCUT2D eigenvalue weighted by molar-refractivity contribution is 9.10. The Labute approximate surface area is 143 Å². The lowest BCUT2D eigenvalue weighted by atomic mass is 10.1. The molecule has 1 atom stereocenters. The van der Waals surface area contributed by atoms with Crippen LogP contribution in [0.4, 0.5) is 5.69 Å². The van der Waals surface area contributed by atoms with Gasteiger partial charge in [0.2, 0.25) is 0 Å². The Morgan fingerprint density at radius 1 is 1.27 bits per heavy atom. The van der Waals surface area contributed by atoms with Crippen molar-refractivity contribution >= 4 is 39.1 Å². The first-order valence-electron chi connectivity index (χ1n) is 7.01. The number of amides is 1. The third-order valence-electron chi connectivity index (χ3n) is 3.20. The summed E-state index contributed by atoms with van der Waals surface area (Å²) >= 11 is 9.41. The molecule has 0 aliphatic carbocycles. The molecule has 0 unspecified atom stereocenters. The number of rotatable bonds is 5. The molecule has 0 heterocycles. The van der Waals surface area contributed by atoms with Crippen molar-refractivity contribution in [3.63, 3.8) is 0 Å². The summed E-state index contributed by atoms with van der Waals surface area (Å²) in [5.41, 5.74) is 1.98. The molecule has 3 nitrogen and oxygen atoms in total. The van der Waals surface area contributed by atoms with E-state index < -0.39 is 6.10 Å². The van der Waals surface area contributed by atoms with Crippen molar-refractivity contribution in [1.82, 2.24) is 0 Å². The molecule has 2 aromatic rings. The standard InChI is InChI=1S/C17H17BrClNO2/c1-3-12-4-7-14(8-5-12)20-17(21)11(2)22-16-9-6-13(18)10-15(16)19/h4-11H,3H2,1-2H3,(H,20,21)/t11-/m1/s1. The van der Waals surface area contributed by atoms with Gasteiger partial charge in [0, 0.05) is 10.2 Å². The molecular weight excluding hydrogens is 366 g/mol. The molecule has 0 aliphatic rings. The van der Waals surface area contributed by atoms with Gasteiger partial charge in [-0.1, -0.05) is 46.6 Å². The molecule has 0 aromatic heterocycles. The molecule has 5 heteroatoms. The second kappa shape index (κ2) is 7.65. The zero-order valence-corrected chi connectivity index (χ0v) is 14.7. The minimum absolute atomic E-state index is 0.219. The summed E-state index contributed by atoms with van der Waals surface area (Å²) in [5.74, 6) is 0.261. The number of anilines is 1. The fraction of sp³-hybridized carbons (Fsp3) is 0.235. The molecule has 1 amide bonds. The van der Waals surface area contributed by atoms with Gasteiger partial charge in [-0.25, -0.2) is 0 Å². The first-order valence-corrected chi connectivity index (χ1v) is 8.18. The van der Waals surface area contributed by atoms with Crippen LogP contribution in [0, 0.1) is 0 Å². The number of hydrogen-bond acceptors (Lipinski definition) is 2. The van der Waals surface area contributed by atoms with Crippen LogP contribution in [0.1, 0.15) is 19.4 Å². The minimum Gasteiger partial charge on any atom is -0.479 e. The van der Waals surface area contributed by atoms with Crippen LogP contribution in [-0.2, 0) is 11.2 Å². The second-order valence-corrected chi connectivity index (χ2v) is 6.20. The second-order valence-electron chi connectivity index (χ2n) is 4.87. The van der Waals surface area contributed by atoms with E-state index in [9.17, 15) is 4.79 Å². The number of nitrogens with one attached hydrogen (secondary N) is 1. The highest BCUT2D eigenvalue weighted by Crippen LogP contribution is 2.28. The van der Waals surface area contributed by atoms with Gasteiger partial charge in [0.1, 0.15) is 5.75 Å². The first kappa shape index (κ1) is 16.8. The lowest BCUT2D eigenvalue weighted by Gasteiger charge is -2.16. The lowest BCUT2D eigenvalue weighted by molar-refractivity contribution is -0.122. The maximum atomic E-state index is 12.2. The third kappa shape index (κ3) is 4.49. The summed E-state index contributed by atoms with van der Waals surface area (Å²) in [4.78, 5) is 12.2. The molecule has 0 spiro atoms. The summed E-state index contributed by atoms with van der Waals surface area (Å²) in [6.45, 7) is 3.78. The van der Waals surface area contributed by atoms with E-state index in [4.69, 9.17) is 16.3 Å². The van der Waals surface area contributed by atoms with Crippen molar-refractivity contribution in [3.8, 4) is 5.75 Å². The predicted octanol–water partition coefficient (Wildman–Crippen LogP) is 5.07. The molecule has 0 radical (unpaired) electrons. The SMILES string of the molecule is CCc1ccc(NC(=O)[C@@H](C)Oc2ccc(Br)cc2Cl)cc1. The first-order chi connectivity index (χ1) is 10.5. The maximum Gasteiger partial charge on any atom is 0.265 e. The van der Waals surface area contributed by atoms with E-state index in [1.54, 1.807) is 19.1 Å². The zero-order chi connectivity index (χ0) is 16.1. The van der Waals surface area contributed by atoms with E-state index in [0.717, 1.165) is 16.6 Å². The highest BCUT2D eigenvalue weighted by Gasteiger charge is 2.16. The van der Waals surface area contributed by atoms with E-state index in [2.05, 4.69) is 28.2 Å². The van der Waals surface area contributed by atoms with Gasteiger partial charge in [0.05, 0.1) is 5.02 Å². The van der Waals surface area contributed by atoms with Gasteiger partial charge >= 0.3 is 0 Å². The molecule has 116 valence electrons. The fourth-order valence-electron chi connectivity index (χ4n) is 1.88. The molecule has 0 saturated carbocycles. The zero-order valence-electron chi connectivity index (χ0n) is 12.4. The van der Waals surface area contributed by atoms with Crippen LogP contribution in [-0.4, -0.2) is 12.0 Å². The average Bonchev–Trinajstić information content (AvgIpc) is 2.50.